The zero-order valence-corrected chi connectivity index (χ0v) is 9.12. The number of aromatic amines is 1. The van der Waals surface area contributed by atoms with Crippen LogP contribution >= 0.6 is 0 Å². The maximum Gasteiger partial charge on any atom is 0.0726 e. The van der Waals surface area contributed by atoms with Crippen LogP contribution in [0.2, 0.25) is 0 Å². The molecule has 0 bridgehead atoms. The Kier molecular flexibility index (Phi) is 2.60. The molecule has 3 N–H and O–H groups in total. The highest BCUT2D eigenvalue weighted by atomic mass is 15.3. The highest BCUT2D eigenvalue weighted by Gasteiger charge is 2.13. The lowest BCUT2D eigenvalue weighted by molar-refractivity contribution is 0.745. The van der Waals surface area contributed by atoms with Crippen molar-refractivity contribution in [3.8, 4) is 11.3 Å². The number of H-pyrrole nitrogens is 1. The predicted octanol–water partition coefficient (Wildman–Crippen LogP) is 1.22. The SMILES string of the molecule is Cc1c(CCN)nn(C)c1-c1cc[nH]c1. The molecule has 2 heterocycles. The summed E-state index contributed by atoms with van der Waals surface area (Å²) in [6.07, 6.45) is 4.74. The van der Waals surface area contributed by atoms with Crippen LogP contribution in [-0.4, -0.2) is 21.3 Å². The summed E-state index contributed by atoms with van der Waals surface area (Å²) in [6, 6.07) is 2.05. The fourth-order valence-corrected chi connectivity index (χ4v) is 1.93. The van der Waals surface area contributed by atoms with Crippen LogP contribution in [0.1, 0.15) is 11.3 Å². The number of hydrogen-bond donors (Lipinski definition) is 2. The van der Waals surface area contributed by atoms with E-state index in [0.29, 0.717) is 6.54 Å². The van der Waals surface area contributed by atoms with E-state index in [2.05, 4.69) is 23.1 Å². The van der Waals surface area contributed by atoms with E-state index in [1.54, 1.807) is 0 Å². The van der Waals surface area contributed by atoms with Crippen LogP contribution in [0.5, 0.6) is 0 Å². The van der Waals surface area contributed by atoms with E-state index >= 15 is 0 Å². The average molecular weight is 204 g/mol. The number of aryl methyl sites for hydroxylation is 1. The Labute approximate surface area is 89.1 Å². The van der Waals surface area contributed by atoms with Crippen LogP contribution in [0, 0.1) is 6.92 Å². The Hall–Kier alpha value is -1.55. The van der Waals surface area contributed by atoms with E-state index in [1.165, 1.54) is 16.8 Å². The van der Waals surface area contributed by atoms with Crippen molar-refractivity contribution in [1.29, 1.82) is 0 Å². The smallest absolute Gasteiger partial charge is 0.0726 e. The van der Waals surface area contributed by atoms with Crippen molar-refractivity contribution < 1.29 is 0 Å². The van der Waals surface area contributed by atoms with Crippen molar-refractivity contribution in [1.82, 2.24) is 14.8 Å². The van der Waals surface area contributed by atoms with Gasteiger partial charge in [-0.2, -0.15) is 5.10 Å². The molecule has 0 saturated heterocycles. The molecule has 0 saturated carbocycles. The van der Waals surface area contributed by atoms with E-state index in [1.807, 2.05) is 24.1 Å². The fraction of sp³-hybridized carbons (Fsp3) is 0.364. The first-order valence-corrected chi connectivity index (χ1v) is 5.09. The van der Waals surface area contributed by atoms with Crippen molar-refractivity contribution in [3.63, 3.8) is 0 Å². The van der Waals surface area contributed by atoms with Gasteiger partial charge in [-0.3, -0.25) is 4.68 Å². The van der Waals surface area contributed by atoms with E-state index in [9.17, 15) is 0 Å². The van der Waals surface area contributed by atoms with Crippen LogP contribution in [0.15, 0.2) is 18.5 Å². The molecule has 4 heteroatoms. The Bertz CT molecular complexity index is 439. The second-order valence-electron chi connectivity index (χ2n) is 3.68. The topological polar surface area (TPSA) is 59.6 Å². The van der Waals surface area contributed by atoms with Gasteiger partial charge < -0.3 is 10.7 Å². The Morgan fingerprint density at radius 1 is 1.53 bits per heavy atom. The molecule has 0 radical (unpaired) electrons. The van der Waals surface area contributed by atoms with Crippen molar-refractivity contribution in [2.75, 3.05) is 6.54 Å². The molecule has 0 aromatic carbocycles. The monoisotopic (exact) mass is 204 g/mol. The molecule has 0 fully saturated rings. The van der Waals surface area contributed by atoms with Crippen molar-refractivity contribution in [3.05, 3.63) is 29.7 Å². The molecule has 80 valence electrons. The van der Waals surface area contributed by atoms with Crippen LogP contribution in [0.25, 0.3) is 11.3 Å². The number of aromatic nitrogens is 3. The van der Waals surface area contributed by atoms with Crippen molar-refractivity contribution in [2.45, 2.75) is 13.3 Å². The molecule has 0 amide bonds. The third-order valence-electron chi connectivity index (χ3n) is 2.63. The number of nitrogens with one attached hydrogen (secondary N) is 1. The summed E-state index contributed by atoms with van der Waals surface area (Å²) in [6.45, 7) is 2.74. The van der Waals surface area contributed by atoms with Gasteiger partial charge in [0.2, 0.25) is 0 Å². The first-order chi connectivity index (χ1) is 7.24. The average Bonchev–Trinajstić information content (AvgIpc) is 2.77. The molecule has 0 aliphatic carbocycles. The Morgan fingerprint density at radius 2 is 2.33 bits per heavy atom. The van der Waals surface area contributed by atoms with Crippen LogP contribution in [0.4, 0.5) is 0 Å². The van der Waals surface area contributed by atoms with Gasteiger partial charge in [-0.1, -0.05) is 0 Å². The minimum Gasteiger partial charge on any atom is -0.367 e. The van der Waals surface area contributed by atoms with Crippen LogP contribution in [-0.2, 0) is 13.5 Å². The number of rotatable bonds is 3. The zero-order chi connectivity index (χ0) is 10.8. The summed E-state index contributed by atoms with van der Waals surface area (Å²) in [5.74, 6) is 0. The van der Waals surface area contributed by atoms with Gasteiger partial charge in [-0.15, -0.1) is 0 Å². The Morgan fingerprint density at radius 3 is 2.93 bits per heavy atom. The maximum absolute atomic E-state index is 5.55. The van der Waals surface area contributed by atoms with Gasteiger partial charge in [0, 0.05) is 31.4 Å². The number of hydrogen-bond acceptors (Lipinski definition) is 2. The lowest BCUT2D eigenvalue weighted by atomic mass is 10.1. The second-order valence-corrected chi connectivity index (χ2v) is 3.68. The minimum absolute atomic E-state index is 0.643. The molecule has 2 rings (SSSR count). The maximum atomic E-state index is 5.55. The molecule has 2 aromatic rings. The molecule has 0 atom stereocenters. The van der Waals surface area contributed by atoms with Crippen molar-refractivity contribution in [2.24, 2.45) is 12.8 Å². The molecule has 0 spiro atoms. The van der Waals surface area contributed by atoms with Gasteiger partial charge in [-0.05, 0) is 25.1 Å². The molecular weight excluding hydrogens is 188 g/mol. The highest BCUT2D eigenvalue weighted by molar-refractivity contribution is 5.63. The molecule has 0 unspecified atom stereocenters. The van der Waals surface area contributed by atoms with Gasteiger partial charge >= 0.3 is 0 Å². The molecule has 0 aliphatic rings. The summed E-state index contributed by atoms with van der Waals surface area (Å²) in [4.78, 5) is 3.06. The normalized spacial score (nSPS) is 10.9. The molecule has 2 aromatic heterocycles. The zero-order valence-electron chi connectivity index (χ0n) is 9.12. The van der Waals surface area contributed by atoms with Crippen LogP contribution < -0.4 is 5.73 Å². The van der Waals surface area contributed by atoms with E-state index in [-0.39, 0.29) is 0 Å². The van der Waals surface area contributed by atoms with Gasteiger partial charge in [0.1, 0.15) is 0 Å². The molecule has 0 aliphatic heterocycles. The van der Waals surface area contributed by atoms with Gasteiger partial charge in [-0.25, -0.2) is 0 Å². The third-order valence-corrected chi connectivity index (χ3v) is 2.63. The van der Waals surface area contributed by atoms with Gasteiger partial charge in [0.05, 0.1) is 11.4 Å². The molecule has 4 nitrogen and oxygen atoms in total. The predicted molar refractivity (Wildman–Crippen MR) is 60.5 cm³/mol. The lowest BCUT2D eigenvalue weighted by Gasteiger charge is -1.99. The van der Waals surface area contributed by atoms with Gasteiger partial charge in [0.15, 0.2) is 0 Å². The summed E-state index contributed by atoms with van der Waals surface area (Å²) in [5.41, 5.74) is 10.2. The number of nitrogens with two attached hydrogens (primary N) is 1. The highest BCUT2D eigenvalue weighted by Crippen LogP contribution is 2.24. The first-order valence-electron chi connectivity index (χ1n) is 5.09. The quantitative estimate of drug-likeness (QED) is 0.789. The molecular formula is C11H16N4. The summed E-state index contributed by atoms with van der Waals surface area (Å²) < 4.78 is 1.92. The van der Waals surface area contributed by atoms with E-state index < -0.39 is 0 Å². The van der Waals surface area contributed by atoms with E-state index in [0.717, 1.165) is 12.1 Å². The fourth-order valence-electron chi connectivity index (χ4n) is 1.93. The minimum atomic E-state index is 0.643. The standard InChI is InChI=1S/C11H16N4/c1-8-10(3-5-12)14-15(2)11(8)9-4-6-13-7-9/h4,6-7,13H,3,5,12H2,1-2H3. The summed E-state index contributed by atoms with van der Waals surface area (Å²) in [5, 5.41) is 4.48. The lowest BCUT2D eigenvalue weighted by Crippen LogP contribution is -2.04. The first kappa shape index (κ1) is 9.98. The largest absolute Gasteiger partial charge is 0.367 e. The Balaban J connectivity index is 2.48. The molecule has 15 heavy (non-hydrogen) atoms. The second kappa shape index (κ2) is 3.90. The third kappa shape index (κ3) is 1.68. The van der Waals surface area contributed by atoms with Crippen molar-refractivity contribution >= 4 is 0 Å². The summed E-state index contributed by atoms with van der Waals surface area (Å²) >= 11 is 0. The van der Waals surface area contributed by atoms with Gasteiger partial charge in [0.25, 0.3) is 0 Å². The number of nitrogens with zero attached hydrogens (tertiary/aromatic N) is 2. The summed E-state index contributed by atoms with van der Waals surface area (Å²) in [7, 11) is 1.97. The van der Waals surface area contributed by atoms with Crippen LogP contribution in [0.3, 0.4) is 0 Å². The van der Waals surface area contributed by atoms with E-state index in [4.69, 9.17) is 5.73 Å².